The molecular formula is C17H24N2O3S. The first-order chi connectivity index (χ1) is 11.0. The van der Waals surface area contributed by atoms with Gasteiger partial charge in [-0.25, -0.2) is 13.6 Å². The molecule has 3 atom stereocenters. The Bertz CT molecular complexity index is 682. The quantitative estimate of drug-likeness (QED) is 0.852. The molecule has 0 radical (unpaired) electrons. The van der Waals surface area contributed by atoms with Gasteiger partial charge in [0.15, 0.2) is 0 Å². The van der Waals surface area contributed by atoms with E-state index in [0.717, 1.165) is 25.1 Å². The van der Waals surface area contributed by atoms with Crippen molar-refractivity contribution in [2.75, 3.05) is 13.2 Å². The summed E-state index contributed by atoms with van der Waals surface area (Å²) in [4.78, 5) is 0.174. The van der Waals surface area contributed by atoms with Crippen molar-refractivity contribution in [1.82, 2.24) is 5.32 Å². The molecule has 2 aliphatic carbocycles. The molecule has 1 aromatic rings. The second-order valence-electron chi connectivity index (χ2n) is 7.20. The van der Waals surface area contributed by atoms with E-state index in [2.05, 4.69) is 5.32 Å². The summed E-state index contributed by atoms with van der Waals surface area (Å²) < 4.78 is 28.5. The van der Waals surface area contributed by atoms with Crippen LogP contribution in [0, 0.1) is 11.3 Å². The smallest absolute Gasteiger partial charge is 0.238 e. The zero-order valence-corrected chi connectivity index (χ0v) is 14.0. The molecule has 0 bridgehead atoms. The summed E-state index contributed by atoms with van der Waals surface area (Å²) in [5, 5.41) is 8.88. The number of benzene rings is 1. The highest BCUT2D eigenvalue weighted by Crippen LogP contribution is 2.62. The molecule has 1 spiro atoms. The van der Waals surface area contributed by atoms with Crippen LogP contribution in [0.5, 0.6) is 0 Å². The third kappa shape index (κ3) is 2.52. The molecule has 23 heavy (non-hydrogen) atoms. The van der Waals surface area contributed by atoms with Gasteiger partial charge in [0, 0.05) is 24.0 Å². The summed E-state index contributed by atoms with van der Waals surface area (Å²) in [7, 11) is -3.60. The van der Waals surface area contributed by atoms with Gasteiger partial charge in [-0.2, -0.15) is 0 Å². The van der Waals surface area contributed by atoms with Crippen LogP contribution >= 0.6 is 0 Å². The molecule has 3 N–H and O–H groups in total. The Kier molecular flexibility index (Phi) is 3.76. The molecular weight excluding hydrogens is 312 g/mol. The first-order valence-corrected chi connectivity index (χ1v) is 10.0. The van der Waals surface area contributed by atoms with Crippen molar-refractivity contribution in [3.8, 4) is 0 Å². The fourth-order valence-electron chi connectivity index (χ4n) is 4.78. The first-order valence-electron chi connectivity index (χ1n) is 8.47. The molecule has 3 fully saturated rings. The van der Waals surface area contributed by atoms with Crippen LogP contribution in [0.15, 0.2) is 29.2 Å². The second-order valence-corrected chi connectivity index (χ2v) is 8.76. The molecule has 5 nitrogen and oxygen atoms in total. The van der Waals surface area contributed by atoms with E-state index in [0.29, 0.717) is 23.5 Å². The third-order valence-corrected chi connectivity index (χ3v) is 7.00. The Morgan fingerprint density at radius 2 is 2.00 bits per heavy atom. The molecule has 126 valence electrons. The van der Waals surface area contributed by atoms with Crippen molar-refractivity contribution in [2.24, 2.45) is 16.5 Å². The summed E-state index contributed by atoms with van der Waals surface area (Å²) >= 11 is 0. The van der Waals surface area contributed by atoms with Gasteiger partial charge < -0.3 is 10.1 Å². The number of hydrogen-bond acceptors (Lipinski definition) is 4. The monoisotopic (exact) mass is 336 g/mol. The zero-order valence-electron chi connectivity index (χ0n) is 13.2. The minimum atomic E-state index is -3.60. The van der Waals surface area contributed by atoms with Crippen LogP contribution in [0.4, 0.5) is 0 Å². The van der Waals surface area contributed by atoms with Gasteiger partial charge in [-0.3, -0.25) is 0 Å². The van der Waals surface area contributed by atoms with Crippen LogP contribution in [0.25, 0.3) is 0 Å². The Hall–Kier alpha value is -0.950. The standard InChI is InChI=1S/C17H24N2O3S/c18-23(20,21)13-4-2-12(3-5-13)6-10-19-15-14-7-11-22-16(14)17(15)8-1-9-17/h2-5,14-16,19H,1,6-11H2,(H2,18,20,21)/t14-,15-,16+/m1/s1. The van der Waals surface area contributed by atoms with Gasteiger partial charge in [0.05, 0.1) is 11.0 Å². The minimum absolute atomic E-state index is 0.174. The molecule has 0 aromatic heterocycles. The first kappa shape index (κ1) is 15.6. The maximum absolute atomic E-state index is 11.3. The van der Waals surface area contributed by atoms with Gasteiger partial charge in [0.2, 0.25) is 10.0 Å². The fourth-order valence-corrected chi connectivity index (χ4v) is 5.29. The Labute approximate surface area is 137 Å². The van der Waals surface area contributed by atoms with Crippen LogP contribution in [0.2, 0.25) is 0 Å². The van der Waals surface area contributed by atoms with Crippen LogP contribution in [0.1, 0.15) is 31.2 Å². The number of hydrogen-bond donors (Lipinski definition) is 2. The van der Waals surface area contributed by atoms with Crippen molar-refractivity contribution in [3.63, 3.8) is 0 Å². The molecule has 1 heterocycles. The van der Waals surface area contributed by atoms with E-state index in [9.17, 15) is 8.42 Å². The molecule has 0 amide bonds. The SMILES string of the molecule is NS(=O)(=O)c1ccc(CCN[C@@H]2[C@H]3CCO[C@@H]3C23CCC3)cc1. The van der Waals surface area contributed by atoms with Gasteiger partial charge in [0.25, 0.3) is 0 Å². The molecule has 2 saturated carbocycles. The predicted molar refractivity (Wildman–Crippen MR) is 87.4 cm³/mol. The molecule has 1 aliphatic heterocycles. The number of sulfonamides is 1. The number of nitrogens with one attached hydrogen (secondary N) is 1. The lowest BCUT2D eigenvalue weighted by Gasteiger charge is -2.63. The van der Waals surface area contributed by atoms with Crippen molar-refractivity contribution in [3.05, 3.63) is 29.8 Å². The van der Waals surface area contributed by atoms with Gasteiger partial charge in [-0.15, -0.1) is 0 Å². The molecule has 0 unspecified atom stereocenters. The van der Waals surface area contributed by atoms with E-state index in [1.165, 1.54) is 25.7 Å². The summed E-state index contributed by atoms with van der Waals surface area (Å²) in [5.41, 5.74) is 1.55. The van der Waals surface area contributed by atoms with E-state index in [4.69, 9.17) is 9.88 Å². The van der Waals surface area contributed by atoms with E-state index < -0.39 is 10.0 Å². The number of fused-ring (bicyclic) bond motifs is 2. The summed E-state index contributed by atoms with van der Waals surface area (Å²) in [6.07, 6.45) is 6.52. The highest BCUT2D eigenvalue weighted by molar-refractivity contribution is 7.89. The number of primary sulfonamides is 1. The Morgan fingerprint density at radius 3 is 2.61 bits per heavy atom. The van der Waals surface area contributed by atoms with Gasteiger partial charge in [-0.05, 0) is 49.9 Å². The average molecular weight is 336 g/mol. The number of ether oxygens (including phenoxy) is 1. The van der Waals surface area contributed by atoms with Gasteiger partial charge in [-0.1, -0.05) is 18.6 Å². The minimum Gasteiger partial charge on any atom is -0.377 e. The summed E-state index contributed by atoms with van der Waals surface area (Å²) in [6.45, 7) is 1.84. The maximum atomic E-state index is 11.3. The van der Waals surface area contributed by atoms with Crippen molar-refractivity contribution < 1.29 is 13.2 Å². The lowest BCUT2D eigenvalue weighted by atomic mass is 9.46. The van der Waals surface area contributed by atoms with Gasteiger partial charge in [0.1, 0.15) is 0 Å². The van der Waals surface area contributed by atoms with Crippen LogP contribution in [-0.4, -0.2) is 33.7 Å². The van der Waals surface area contributed by atoms with E-state index in [-0.39, 0.29) is 4.90 Å². The van der Waals surface area contributed by atoms with Crippen LogP contribution in [0.3, 0.4) is 0 Å². The van der Waals surface area contributed by atoms with Crippen molar-refractivity contribution >= 4 is 10.0 Å². The number of nitrogens with two attached hydrogens (primary N) is 1. The van der Waals surface area contributed by atoms with Crippen molar-refractivity contribution in [2.45, 2.75) is 49.1 Å². The molecule has 1 aromatic carbocycles. The molecule has 1 saturated heterocycles. The van der Waals surface area contributed by atoms with Crippen LogP contribution in [-0.2, 0) is 21.2 Å². The highest BCUT2D eigenvalue weighted by atomic mass is 32.2. The second kappa shape index (κ2) is 5.55. The lowest BCUT2D eigenvalue weighted by molar-refractivity contribution is -0.175. The highest BCUT2D eigenvalue weighted by Gasteiger charge is 2.66. The number of rotatable bonds is 5. The van der Waals surface area contributed by atoms with Crippen molar-refractivity contribution in [1.29, 1.82) is 0 Å². The van der Waals surface area contributed by atoms with Crippen LogP contribution < -0.4 is 10.5 Å². The molecule has 6 heteroatoms. The zero-order chi connectivity index (χ0) is 16.1. The fraction of sp³-hybridized carbons (Fsp3) is 0.647. The van der Waals surface area contributed by atoms with E-state index in [1.807, 2.05) is 12.1 Å². The predicted octanol–water partition coefficient (Wildman–Crippen LogP) is 1.42. The van der Waals surface area contributed by atoms with E-state index in [1.54, 1.807) is 12.1 Å². The maximum Gasteiger partial charge on any atom is 0.238 e. The van der Waals surface area contributed by atoms with E-state index >= 15 is 0 Å². The molecule has 3 aliphatic rings. The largest absolute Gasteiger partial charge is 0.377 e. The topological polar surface area (TPSA) is 81.4 Å². The summed E-state index contributed by atoms with van der Waals surface area (Å²) in [5.74, 6) is 0.694. The Morgan fingerprint density at radius 1 is 1.26 bits per heavy atom. The Balaban J connectivity index is 1.33. The third-order valence-electron chi connectivity index (χ3n) is 6.07. The average Bonchev–Trinajstić information content (AvgIpc) is 2.86. The molecule has 4 rings (SSSR count). The lowest BCUT2D eigenvalue weighted by Crippen LogP contribution is -2.71. The van der Waals surface area contributed by atoms with Gasteiger partial charge >= 0.3 is 0 Å². The summed E-state index contributed by atoms with van der Waals surface area (Å²) in [6, 6.07) is 7.48. The normalized spacial score (nSPS) is 31.4.